The molecule has 0 atom stereocenters. The molecule has 0 spiro atoms. The molecule has 1 fully saturated rings. The number of nitrogens with zero attached hydrogens (tertiary/aromatic N) is 5. The van der Waals surface area contributed by atoms with Crippen LogP contribution >= 0.6 is 0 Å². The van der Waals surface area contributed by atoms with Gasteiger partial charge >= 0.3 is 0 Å². The lowest BCUT2D eigenvalue weighted by atomic mass is 10.0. The molecular weight excluding hydrogens is 493 g/mol. The molecule has 1 aliphatic heterocycles. The molecule has 0 radical (unpaired) electrons. The van der Waals surface area contributed by atoms with Crippen molar-refractivity contribution in [2.75, 3.05) is 20.2 Å². The molecule has 0 unspecified atom stereocenters. The van der Waals surface area contributed by atoms with Gasteiger partial charge in [-0.3, -0.25) is 20.0 Å². The molecule has 9 heteroatoms. The van der Waals surface area contributed by atoms with Crippen LogP contribution in [0.4, 0.5) is 4.39 Å². The van der Waals surface area contributed by atoms with Gasteiger partial charge in [0.05, 0.1) is 23.8 Å². The lowest BCUT2D eigenvalue weighted by Gasteiger charge is -2.14. The lowest BCUT2D eigenvalue weighted by molar-refractivity contribution is 0.331. The third-order valence-electron chi connectivity index (χ3n) is 7.30. The van der Waals surface area contributed by atoms with E-state index in [0.717, 1.165) is 47.2 Å². The standard InChI is InChI=1S/C30H26FN7O/c1-39-23-12-20(11-22(31)14-23)27-29-26(6-7-33-27)34-30(35-29)28-24-13-19(4-5-25(24)36-37-28)21-10-18(15-32-16-21)17-38-8-2-3-9-38/h4-7,10-16H,2-3,8-9,17H2,1H3,(H,34,35)(H,36,37). The highest BCUT2D eigenvalue weighted by Crippen LogP contribution is 2.33. The molecule has 0 aliphatic carbocycles. The summed E-state index contributed by atoms with van der Waals surface area (Å²) in [6.07, 6.45) is 8.07. The van der Waals surface area contributed by atoms with E-state index in [-0.39, 0.29) is 0 Å². The minimum Gasteiger partial charge on any atom is -0.497 e. The van der Waals surface area contributed by atoms with Gasteiger partial charge in [0, 0.05) is 47.7 Å². The number of aromatic amines is 2. The predicted molar refractivity (Wildman–Crippen MR) is 149 cm³/mol. The van der Waals surface area contributed by atoms with Gasteiger partial charge in [0.25, 0.3) is 0 Å². The van der Waals surface area contributed by atoms with E-state index in [9.17, 15) is 4.39 Å². The van der Waals surface area contributed by atoms with Crippen LogP contribution in [0.5, 0.6) is 5.75 Å². The van der Waals surface area contributed by atoms with Crippen molar-refractivity contribution in [1.29, 1.82) is 0 Å². The molecule has 8 nitrogen and oxygen atoms in total. The molecule has 2 N–H and O–H groups in total. The van der Waals surface area contributed by atoms with Crippen LogP contribution in [0.1, 0.15) is 18.4 Å². The summed E-state index contributed by atoms with van der Waals surface area (Å²) < 4.78 is 19.5. The third kappa shape index (κ3) is 4.40. The van der Waals surface area contributed by atoms with Crippen LogP contribution in [0.3, 0.4) is 0 Å². The number of imidazole rings is 1. The van der Waals surface area contributed by atoms with Gasteiger partial charge in [0.2, 0.25) is 0 Å². The normalized spacial score (nSPS) is 14.0. The van der Waals surface area contributed by atoms with Gasteiger partial charge in [-0.1, -0.05) is 6.07 Å². The second kappa shape index (κ2) is 9.59. The molecule has 6 aromatic rings. The number of ether oxygens (including phenoxy) is 1. The van der Waals surface area contributed by atoms with E-state index in [2.05, 4.69) is 48.2 Å². The Labute approximate surface area is 223 Å². The van der Waals surface area contributed by atoms with Gasteiger partial charge < -0.3 is 9.72 Å². The van der Waals surface area contributed by atoms with E-state index >= 15 is 0 Å². The Bertz CT molecular complexity index is 1820. The topological polar surface area (TPSA) is 95.6 Å². The summed E-state index contributed by atoms with van der Waals surface area (Å²) in [6, 6.07) is 14.8. The van der Waals surface area contributed by atoms with E-state index in [1.807, 2.05) is 24.5 Å². The summed E-state index contributed by atoms with van der Waals surface area (Å²) in [5, 5.41) is 8.65. The minimum atomic E-state index is -0.399. The molecule has 194 valence electrons. The number of aromatic nitrogens is 6. The summed E-state index contributed by atoms with van der Waals surface area (Å²) in [7, 11) is 1.51. The molecular formula is C30H26FN7O. The average Bonchev–Trinajstić information content (AvgIpc) is 3.72. The van der Waals surface area contributed by atoms with Crippen LogP contribution in [-0.4, -0.2) is 55.2 Å². The van der Waals surface area contributed by atoms with Crippen LogP contribution < -0.4 is 4.74 Å². The molecule has 2 aromatic carbocycles. The number of nitrogens with one attached hydrogen (secondary N) is 2. The zero-order valence-corrected chi connectivity index (χ0v) is 21.4. The van der Waals surface area contributed by atoms with Gasteiger partial charge in [-0.2, -0.15) is 5.10 Å². The van der Waals surface area contributed by atoms with Crippen molar-refractivity contribution < 1.29 is 9.13 Å². The lowest BCUT2D eigenvalue weighted by Crippen LogP contribution is -2.18. The fourth-order valence-corrected chi connectivity index (χ4v) is 5.38. The number of rotatable bonds is 6. The molecule has 5 heterocycles. The Morgan fingerprint density at radius 3 is 2.69 bits per heavy atom. The van der Waals surface area contributed by atoms with Crippen molar-refractivity contribution in [1.82, 2.24) is 35.0 Å². The maximum atomic E-state index is 14.3. The summed E-state index contributed by atoms with van der Waals surface area (Å²) in [6.45, 7) is 3.22. The first kappa shape index (κ1) is 23.5. The third-order valence-corrected chi connectivity index (χ3v) is 7.30. The van der Waals surface area contributed by atoms with Gasteiger partial charge in [-0.15, -0.1) is 0 Å². The van der Waals surface area contributed by atoms with Crippen LogP contribution in [0.15, 0.2) is 67.1 Å². The largest absolute Gasteiger partial charge is 0.497 e. The van der Waals surface area contributed by atoms with Crippen molar-refractivity contribution in [3.05, 3.63) is 78.5 Å². The van der Waals surface area contributed by atoms with Crippen molar-refractivity contribution in [2.45, 2.75) is 19.4 Å². The second-order valence-electron chi connectivity index (χ2n) is 9.92. The quantitative estimate of drug-likeness (QED) is 0.281. The first-order chi connectivity index (χ1) is 19.1. The molecule has 4 aromatic heterocycles. The molecule has 0 saturated carbocycles. The Kier molecular flexibility index (Phi) is 5.78. The second-order valence-corrected chi connectivity index (χ2v) is 9.92. The Hall–Kier alpha value is -4.63. The van der Waals surface area contributed by atoms with Crippen LogP contribution in [0, 0.1) is 5.82 Å². The summed E-state index contributed by atoms with van der Waals surface area (Å²) in [5.74, 6) is 0.625. The highest BCUT2D eigenvalue weighted by Gasteiger charge is 2.18. The van der Waals surface area contributed by atoms with E-state index in [1.165, 1.54) is 37.6 Å². The first-order valence-corrected chi connectivity index (χ1v) is 13.0. The molecule has 39 heavy (non-hydrogen) atoms. The minimum absolute atomic E-state index is 0.399. The number of fused-ring (bicyclic) bond motifs is 2. The number of halogens is 1. The Morgan fingerprint density at radius 1 is 0.923 bits per heavy atom. The van der Waals surface area contributed by atoms with Gasteiger partial charge in [0.1, 0.15) is 22.8 Å². The number of pyridine rings is 2. The number of methoxy groups -OCH3 is 1. The fourth-order valence-electron chi connectivity index (χ4n) is 5.38. The predicted octanol–water partition coefficient (Wildman–Crippen LogP) is 5.97. The highest BCUT2D eigenvalue weighted by molar-refractivity contribution is 5.97. The highest BCUT2D eigenvalue weighted by atomic mass is 19.1. The number of benzene rings is 2. The summed E-state index contributed by atoms with van der Waals surface area (Å²) in [5.41, 5.74) is 7.52. The number of likely N-dealkylation sites (tertiary alicyclic amines) is 1. The zero-order valence-electron chi connectivity index (χ0n) is 21.4. The van der Waals surface area contributed by atoms with E-state index in [0.29, 0.717) is 34.0 Å². The maximum Gasteiger partial charge on any atom is 0.159 e. The number of H-pyrrole nitrogens is 2. The average molecular weight is 520 g/mol. The summed E-state index contributed by atoms with van der Waals surface area (Å²) in [4.78, 5) is 19.7. The zero-order chi connectivity index (χ0) is 26.3. The van der Waals surface area contributed by atoms with Gasteiger partial charge in [0.15, 0.2) is 5.82 Å². The Balaban J connectivity index is 1.28. The van der Waals surface area contributed by atoms with E-state index in [1.54, 1.807) is 12.3 Å². The molecule has 1 saturated heterocycles. The Morgan fingerprint density at radius 2 is 1.82 bits per heavy atom. The molecule has 0 amide bonds. The van der Waals surface area contributed by atoms with Crippen LogP contribution in [0.2, 0.25) is 0 Å². The number of hydrogen-bond acceptors (Lipinski definition) is 6. The van der Waals surface area contributed by atoms with Crippen LogP contribution in [-0.2, 0) is 6.54 Å². The van der Waals surface area contributed by atoms with Crippen molar-refractivity contribution in [3.8, 4) is 39.7 Å². The monoisotopic (exact) mass is 519 g/mol. The number of hydrogen-bond donors (Lipinski definition) is 2. The van der Waals surface area contributed by atoms with Crippen molar-refractivity contribution in [2.24, 2.45) is 0 Å². The molecule has 7 rings (SSSR count). The summed E-state index contributed by atoms with van der Waals surface area (Å²) >= 11 is 0. The molecule has 1 aliphatic rings. The smallest absolute Gasteiger partial charge is 0.159 e. The molecule has 0 bridgehead atoms. The van der Waals surface area contributed by atoms with Gasteiger partial charge in [-0.05, 0) is 73.5 Å². The van der Waals surface area contributed by atoms with Gasteiger partial charge in [-0.25, -0.2) is 9.37 Å². The van der Waals surface area contributed by atoms with Crippen molar-refractivity contribution in [3.63, 3.8) is 0 Å². The SMILES string of the molecule is COc1cc(F)cc(-c2nccc3[nH]c(-c4n[nH]c5ccc(-c6cncc(CN7CCCC7)c6)cc45)nc23)c1. The maximum absolute atomic E-state index is 14.3. The fraction of sp³-hybridized carbons (Fsp3) is 0.200. The van der Waals surface area contributed by atoms with E-state index < -0.39 is 5.82 Å². The van der Waals surface area contributed by atoms with E-state index in [4.69, 9.17) is 9.72 Å². The van der Waals surface area contributed by atoms with Crippen LogP contribution in [0.25, 0.3) is 55.8 Å². The first-order valence-electron chi connectivity index (χ1n) is 13.0. The van der Waals surface area contributed by atoms with Crippen molar-refractivity contribution >= 4 is 21.9 Å².